The second kappa shape index (κ2) is 6.42. The molecule has 0 unspecified atom stereocenters. The monoisotopic (exact) mass is 341 g/mol. The zero-order chi connectivity index (χ0) is 16.5. The van der Waals surface area contributed by atoms with E-state index in [-0.39, 0.29) is 23.3 Å². The Morgan fingerprint density at radius 1 is 1.45 bits per heavy atom. The fourth-order valence-electron chi connectivity index (χ4n) is 1.85. The fraction of sp³-hybridized carbons (Fsp3) is 0.375. The van der Waals surface area contributed by atoms with Gasteiger partial charge in [-0.15, -0.1) is 0 Å². The minimum absolute atomic E-state index is 0.0418. The molecule has 0 saturated carbocycles. The topological polar surface area (TPSA) is 37.4 Å². The smallest absolute Gasteiger partial charge is 0.238 e. The Bertz CT molecular complexity index is 652. The van der Waals surface area contributed by atoms with Gasteiger partial charge in [0.1, 0.15) is 5.82 Å². The van der Waals surface area contributed by atoms with Gasteiger partial charge in [0.05, 0.1) is 17.3 Å². The number of ketones is 1. The van der Waals surface area contributed by atoms with Gasteiger partial charge in [-0.3, -0.25) is 9.59 Å². The Balaban J connectivity index is 2.25. The van der Waals surface area contributed by atoms with Gasteiger partial charge in [0.15, 0.2) is 5.78 Å². The highest BCUT2D eigenvalue weighted by atomic mass is 35.5. The second-order valence-electron chi connectivity index (χ2n) is 6.10. The molecule has 118 valence electrons. The average Bonchev–Trinajstić information content (AvgIpc) is 2.73. The third-order valence-corrected chi connectivity index (χ3v) is 4.63. The first kappa shape index (κ1) is 17.0. The predicted octanol–water partition coefficient (Wildman–Crippen LogP) is 4.01. The summed E-state index contributed by atoms with van der Waals surface area (Å²) in [4.78, 5) is 25.7. The number of nitrogens with zero attached hydrogens (tertiary/aromatic N) is 1. The molecule has 0 atom stereocenters. The van der Waals surface area contributed by atoms with Crippen molar-refractivity contribution in [2.75, 3.05) is 5.75 Å². The van der Waals surface area contributed by atoms with E-state index >= 15 is 0 Å². The number of hydrogen-bond donors (Lipinski definition) is 0. The predicted molar refractivity (Wildman–Crippen MR) is 87.0 cm³/mol. The number of carbonyl (C=O) groups is 2. The minimum Gasteiger partial charge on any atom is -0.301 e. The third kappa shape index (κ3) is 3.90. The van der Waals surface area contributed by atoms with Crippen LogP contribution in [0.4, 0.5) is 4.39 Å². The van der Waals surface area contributed by atoms with Gasteiger partial charge in [-0.1, -0.05) is 50.2 Å². The van der Waals surface area contributed by atoms with E-state index in [0.29, 0.717) is 16.3 Å². The van der Waals surface area contributed by atoms with Crippen molar-refractivity contribution in [3.63, 3.8) is 0 Å². The molecule has 1 heterocycles. The van der Waals surface area contributed by atoms with Crippen LogP contribution in [0.15, 0.2) is 29.3 Å². The Morgan fingerprint density at radius 3 is 2.73 bits per heavy atom. The van der Waals surface area contributed by atoms with Gasteiger partial charge < -0.3 is 4.90 Å². The lowest BCUT2D eigenvalue weighted by Crippen LogP contribution is -2.26. The molecule has 1 fully saturated rings. The van der Waals surface area contributed by atoms with Gasteiger partial charge >= 0.3 is 0 Å². The maximum atomic E-state index is 13.1. The van der Waals surface area contributed by atoms with E-state index in [0.717, 1.165) is 0 Å². The molecular formula is C16H17ClFNO2S. The van der Waals surface area contributed by atoms with Crippen LogP contribution in [-0.2, 0) is 16.1 Å². The van der Waals surface area contributed by atoms with E-state index in [4.69, 9.17) is 11.6 Å². The summed E-state index contributed by atoms with van der Waals surface area (Å²) in [6.07, 6.45) is 1.51. The highest BCUT2D eigenvalue weighted by Crippen LogP contribution is 2.33. The molecule has 1 aliphatic heterocycles. The Morgan fingerprint density at radius 2 is 2.14 bits per heavy atom. The first-order valence-electron chi connectivity index (χ1n) is 6.81. The molecule has 0 radical (unpaired) electrons. The Hall–Kier alpha value is -1.33. The van der Waals surface area contributed by atoms with E-state index in [2.05, 4.69) is 0 Å². The van der Waals surface area contributed by atoms with Crippen molar-refractivity contribution in [2.45, 2.75) is 27.3 Å². The second-order valence-corrected chi connectivity index (χ2v) is 7.50. The molecule has 0 aromatic heterocycles. The van der Waals surface area contributed by atoms with Gasteiger partial charge in [-0.05, 0) is 17.7 Å². The lowest BCUT2D eigenvalue weighted by atomic mass is 9.91. The van der Waals surface area contributed by atoms with Crippen molar-refractivity contribution in [1.82, 2.24) is 4.90 Å². The molecule has 1 aromatic carbocycles. The van der Waals surface area contributed by atoms with Crippen molar-refractivity contribution >= 4 is 35.1 Å². The van der Waals surface area contributed by atoms with Crippen molar-refractivity contribution < 1.29 is 14.0 Å². The highest BCUT2D eigenvalue weighted by molar-refractivity contribution is 8.04. The SMILES string of the molecule is CC(C)(C)C(=O)C=C1SCC(=O)N1Cc1ccc(F)cc1Cl. The lowest BCUT2D eigenvalue weighted by molar-refractivity contribution is -0.125. The van der Waals surface area contributed by atoms with Crippen LogP contribution in [0.2, 0.25) is 5.02 Å². The lowest BCUT2D eigenvalue weighted by Gasteiger charge is -2.20. The van der Waals surface area contributed by atoms with Crippen LogP contribution in [0.5, 0.6) is 0 Å². The molecule has 22 heavy (non-hydrogen) atoms. The van der Waals surface area contributed by atoms with Gasteiger partial charge in [0.25, 0.3) is 0 Å². The number of hydrogen-bond acceptors (Lipinski definition) is 3. The average molecular weight is 342 g/mol. The standard InChI is InChI=1S/C16H17ClFNO2S/c1-16(2,3)13(20)7-15-19(14(21)9-22-15)8-10-4-5-11(18)6-12(10)17/h4-7H,8-9H2,1-3H3. The van der Waals surface area contributed by atoms with E-state index in [9.17, 15) is 14.0 Å². The van der Waals surface area contributed by atoms with Crippen molar-refractivity contribution in [2.24, 2.45) is 5.41 Å². The van der Waals surface area contributed by atoms with Crippen LogP contribution < -0.4 is 0 Å². The number of rotatable bonds is 3. The van der Waals surface area contributed by atoms with Crippen LogP contribution in [-0.4, -0.2) is 22.3 Å². The van der Waals surface area contributed by atoms with E-state index in [1.807, 2.05) is 20.8 Å². The number of halogens is 2. The molecule has 1 saturated heterocycles. The van der Waals surface area contributed by atoms with Crippen LogP contribution in [0.25, 0.3) is 0 Å². The van der Waals surface area contributed by atoms with E-state index in [1.54, 1.807) is 6.07 Å². The molecule has 0 spiro atoms. The summed E-state index contributed by atoms with van der Waals surface area (Å²) < 4.78 is 13.1. The normalized spacial score (nSPS) is 17.4. The summed E-state index contributed by atoms with van der Waals surface area (Å²) in [5.41, 5.74) is 0.145. The number of benzene rings is 1. The molecule has 3 nitrogen and oxygen atoms in total. The van der Waals surface area contributed by atoms with Gasteiger partial charge in [-0.25, -0.2) is 4.39 Å². The molecule has 0 aliphatic carbocycles. The first-order valence-corrected chi connectivity index (χ1v) is 8.18. The van der Waals surface area contributed by atoms with Crippen LogP contribution in [0.1, 0.15) is 26.3 Å². The summed E-state index contributed by atoms with van der Waals surface area (Å²) in [6.45, 7) is 5.72. The summed E-state index contributed by atoms with van der Waals surface area (Å²) in [7, 11) is 0. The van der Waals surface area contributed by atoms with E-state index < -0.39 is 11.2 Å². The van der Waals surface area contributed by atoms with Crippen LogP contribution in [0, 0.1) is 11.2 Å². The third-order valence-electron chi connectivity index (χ3n) is 3.25. The minimum atomic E-state index is -0.502. The molecule has 1 aliphatic rings. The molecule has 0 bridgehead atoms. The first-order chi connectivity index (χ1) is 10.2. The quantitative estimate of drug-likeness (QED) is 0.779. The van der Waals surface area contributed by atoms with Crippen LogP contribution in [0.3, 0.4) is 0 Å². The van der Waals surface area contributed by atoms with Gasteiger partial charge in [0.2, 0.25) is 5.91 Å². The number of thioether (sulfide) groups is 1. The van der Waals surface area contributed by atoms with Crippen LogP contribution >= 0.6 is 23.4 Å². The van der Waals surface area contributed by atoms with Crippen molar-refractivity contribution in [3.8, 4) is 0 Å². The Labute approximate surface area is 138 Å². The number of allylic oxidation sites excluding steroid dienone is 1. The Kier molecular flexibility index (Phi) is 4.97. The zero-order valence-electron chi connectivity index (χ0n) is 12.7. The summed E-state index contributed by atoms with van der Waals surface area (Å²) in [5, 5.41) is 0.886. The number of amides is 1. The largest absolute Gasteiger partial charge is 0.301 e. The molecule has 1 amide bonds. The number of carbonyl (C=O) groups excluding carboxylic acids is 2. The fourth-order valence-corrected chi connectivity index (χ4v) is 3.02. The summed E-state index contributed by atoms with van der Waals surface area (Å²) in [5.74, 6) is -0.255. The molecule has 2 rings (SSSR count). The summed E-state index contributed by atoms with van der Waals surface area (Å²) in [6, 6.07) is 4.07. The van der Waals surface area contributed by atoms with Crippen molar-refractivity contribution in [1.29, 1.82) is 0 Å². The van der Waals surface area contributed by atoms with E-state index in [1.165, 1.54) is 34.9 Å². The molecule has 0 N–H and O–H groups in total. The summed E-state index contributed by atoms with van der Waals surface area (Å²) >= 11 is 7.34. The maximum absolute atomic E-state index is 13.1. The molecule has 6 heteroatoms. The molecule has 1 aromatic rings. The zero-order valence-corrected chi connectivity index (χ0v) is 14.2. The molecular weight excluding hydrogens is 325 g/mol. The van der Waals surface area contributed by atoms with Gasteiger partial charge in [-0.2, -0.15) is 0 Å². The highest BCUT2D eigenvalue weighted by Gasteiger charge is 2.29. The van der Waals surface area contributed by atoms with Gasteiger partial charge in [0, 0.05) is 16.5 Å². The van der Waals surface area contributed by atoms with Crippen molar-refractivity contribution in [3.05, 3.63) is 45.7 Å². The maximum Gasteiger partial charge on any atom is 0.238 e.